The van der Waals surface area contributed by atoms with Gasteiger partial charge in [-0.15, -0.1) is 0 Å². The predicted octanol–water partition coefficient (Wildman–Crippen LogP) is 2.36. The summed E-state index contributed by atoms with van der Waals surface area (Å²) in [7, 11) is 1.60. The highest BCUT2D eigenvalue weighted by atomic mass is 16.6. The predicted molar refractivity (Wildman–Crippen MR) is 91.3 cm³/mol. The summed E-state index contributed by atoms with van der Waals surface area (Å²) in [6.45, 7) is 0. The number of methoxy groups -OCH3 is 1. The summed E-state index contributed by atoms with van der Waals surface area (Å²) >= 11 is 0. The molecule has 0 amide bonds. The molecule has 0 saturated heterocycles. The first-order valence-corrected chi connectivity index (χ1v) is 7.61. The number of nitro benzene ring substituents is 1. The lowest BCUT2D eigenvalue weighted by Crippen LogP contribution is -2.13. The van der Waals surface area contributed by atoms with Gasteiger partial charge in [-0.25, -0.2) is 4.98 Å². The number of benzene rings is 2. The monoisotopic (exact) mass is 339 g/mol. The van der Waals surface area contributed by atoms with Crippen molar-refractivity contribution in [2.75, 3.05) is 7.11 Å². The van der Waals surface area contributed by atoms with Crippen molar-refractivity contribution in [3.8, 4) is 5.75 Å². The van der Waals surface area contributed by atoms with E-state index < -0.39 is 11.0 Å². The van der Waals surface area contributed by atoms with Crippen molar-refractivity contribution in [2.24, 2.45) is 5.73 Å². The van der Waals surface area contributed by atoms with E-state index in [1.54, 1.807) is 19.2 Å². The maximum Gasteiger partial charge on any atom is 0.269 e. The normalized spacial score (nSPS) is 11.9. The number of nitrogens with zero attached hydrogens (tertiary/aromatic N) is 3. The Labute approximate surface area is 143 Å². The van der Waals surface area contributed by atoms with Crippen LogP contribution in [0.3, 0.4) is 0 Å². The van der Waals surface area contributed by atoms with E-state index in [2.05, 4.69) is 15.2 Å². The van der Waals surface area contributed by atoms with Crippen molar-refractivity contribution in [1.29, 1.82) is 0 Å². The highest BCUT2D eigenvalue weighted by Crippen LogP contribution is 2.21. The number of H-pyrrole nitrogens is 1. The van der Waals surface area contributed by atoms with Crippen molar-refractivity contribution in [3.05, 3.63) is 81.4 Å². The van der Waals surface area contributed by atoms with Gasteiger partial charge in [-0.1, -0.05) is 24.3 Å². The largest absolute Gasteiger partial charge is 0.497 e. The molecule has 8 heteroatoms. The third kappa shape index (κ3) is 3.81. The van der Waals surface area contributed by atoms with Gasteiger partial charge < -0.3 is 10.5 Å². The first kappa shape index (κ1) is 16.6. The molecule has 0 spiro atoms. The van der Waals surface area contributed by atoms with Gasteiger partial charge in [-0.2, -0.15) is 5.10 Å². The average molecular weight is 339 g/mol. The molecule has 0 aliphatic rings. The molecule has 128 valence electrons. The third-order valence-electron chi connectivity index (χ3n) is 3.80. The van der Waals surface area contributed by atoms with E-state index in [9.17, 15) is 10.1 Å². The van der Waals surface area contributed by atoms with Gasteiger partial charge in [0.15, 0.2) is 5.82 Å². The number of non-ortho nitro benzene ring substituents is 1. The molecule has 0 aliphatic carbocycles. The van der Waals surface area contributed by atoms with Crippen LogP contribution in [0.15, 0.2) is 48.5 Å². The molecule has 3 N–H and O–H groups in total. The Bertz CT molecular complexity index is 876. The van der Waals surface area contributed by atoms with Gasteiger partial charge in [0.25, 0.3) is 5.69 Å². The molecule has 3 rings (SSSR count). The first-order chi connectivity index (χ1) is 12.1. The highest BCUT2D eigenvalue weighted by Gasteiger charge is 2.15. The van der Waals surface area contributed by atoms with E-state index in [4.69, 9.17) is 10.5 Å². The Morgan fingerprint density at radius 1 is 1.28 bits per heavy atom. The zero-order chi connectivity index (χ0) is 17.8. The standard InChI is InChI=1S/C17H17N5O3/c1-25-14-4-2-3-12(10-14)16(18)17-19-15(20-21-17)9-11-5-7-13(8-6-11)22(23)24/h2-8,10,16H,9,18H2,1H3,(H,19,20,21)/t16-/m1/s1. The lowest BCUT2D eigenvalue weighted by Gasteiger charge is -2.09. The summed E-state index contributed by atoms with van der Waals surface area (Å²) in [5.74, 6) is 1.84. The maximum atomic E-state index is 10.7. The number of aromatic nitrogens is 3. The number of aromatic amines is 1. The minimum Gasteiger partial charge on any atom is -0.497 e. The number of rotatable bonds is 6. The van der Waals surface area contributed by atoms with Crippen molar-refractivity contribution >= 4 is 5.69 Å². The molecule has 1 heterocycles. The van der Waals surface area contributed by atoms with Gasteiger partial charge in [-0.3, -0.25) is 15.2 Å². The molecule has 1 atom stereocenters. The summed E-state index contributed by atoms with van der Waals surface area (Å²) in [6, 6.07) is 13.3. The van der Waals surface area contributed by atoms with Crippen molar-refractivity contribution in [1.82, 2.24) is 15.2 Å². The number of ether oxygens (including phenoxy) is 1. The Kier molecular flexibility index (Phi) is 4.71. The molecule has 0 unspecified atom stereocenters. The Hall–Kier alpha value is -3.26. The van der Waals surface area contributed by atoms with E-state index in [-0.39, 0.29) is 5.69 Å². The lowest BCUT2D eigenvalue weighted by molar-refractivity contribution is -0.384. The molecular formula is C17H17N5O3. The number of hydrogen-bond donors (Lipinski definition) is 2. The van der Waals surface area contributed by atoms with Crippen LogP contribution in [0.5, 0.6) is 5.75 Å². The molecule has 25 heavy (non-hydrogen) atoms. The first-order valence-electron chi connectivity index (χ1n) is 7.61. The third-order valence-corrected chi connectivity index (χ3v) is 3.80. The van der Waals surface area contributed by atoms with Gasteiger partial charge in [0.2, 0.25) is 0 Å². The average Bonchev–Trinajstić information content (AvgIpc) is 3.10. The Balaban J connectivity index is 1.74. The van der Waals surface area contributed by atoms with E-state index >= 15 is 0 Å². The molecule has 0 fully saturated rings. The zero-order valence-electron chi connectivity index (χ0n) is 13.5. The summed E-state index contributed by atoms with van der Waals surface area (Å²) in [4.78, 5) is 14.7. The molecule has 0 bridgehead atoms. The highest BCUT2D eigenvalue weighted by molar-refractivity contribution is 5.35. The van der Waals surface area contributed by atoms with Crippen LogP contribution in [0.2, 0.25) is 0 Å². The molecule has 3 aromatic rings. The van der Waals surface area contributed by atoms with Crippen LogP contribution in [-0.2, 0) is 6.42 Å². The minimum atomic E-state index is -0.475. The SMILES string of the molecule is COc1cccc([C@@H](N)c2n[nH]c(Cc3ccc([N+](=O)[O-])cc3)n2)c1. The molecule has 8 nitrogen and oxygen atoms in total. The van der Waals surface area contributed by atoms with Crippen LogP contribution in [-0.4, -0.2) is 27.2 Å². The number of nitrogens with one attached hydrogen (secondary N) is 1. The fourth-order valence-electron chi connectivity index (χ4n) is 2.44. The molecule has 1 aromatic heterocycles. The summed E-state index contributed by atoms with van der Waals surface area (Å²) in [6.07, 6.45) is 0.482. The van der Waals surface area contributed by atoms with Gasteiger partial charge in [0.1, 0.15) is 11.6 Å². The second-order valence-electron chi connectivity index (χ2n) is 5.49. The smallest absolute Gasteiger partial charge is 0.269 e. The fourth-order valence-corrected chi connectivity index (χ4v) is 2.44. The van der Waals surface area contributed by atoms with Gasteiger partial charge in [0.05, 0.1) is 18.1 Å². The molecule has 0 aliphatic heterocycles. The van der Waals surface area contributed by atoms with Crippen LogP contribution in [0.4, 0.5) is 5.69 Å². The van der Waals surface area contributed by atoms with E-state index in [1.807, 2.05) is 24.3 Å². The van der Waals surface area contributed by atoms with Crippen LogP contribution >= 0.6 is 0 Å². The zero-order valence-corrected chi connectivity index (χ0v) is 13.5. The Morgan fingerprint density at radius 2 is 2.04 bits per heavy atom. The summed E-state index contributed by atoms with van der Waals surface area (Å²) < 4.78 is 5.20. The quantitative estimate of drug-likeness (QED) is 0.525. The molecule has 0 radical (unpaired) electrons. The maximum absolute atomic E-state index is 10.7. The number of nitrogens with two attached hydrogens (primary N) is 1. The van der Waals surface area contributed by atoms with Crippen molar-refractivity contribution in [2.45, 2.75) is 12.5 Å². The van der Waals surface area contributed by atoms with E-state index in [0.717, 1.165) is 16.9 Å². The fraction of sp³-hybridized carbons (Fsp3) is 0.176. The van der Waals surface area contributed by atoms with Crippen molar-refractivity contribution in [3.63, 3.8) is 0 Å². The second-order valence-corrected chi connectivity index (χ2v) is 5.49. The number of hydrogen-bond acceptors (Lipinski definition) is 6. The summed E-state index contributed by atoms with van der Waals surface area (Å²) in [5, 5.41) is 17.7. The van der Waals surface area contributed by atoms with Crippen LogP contribution in [0.25, 0.3) is 0 Å². The van der Waals surface area contributed by atoms with Crippen LogP contribution < -0.4 is 10.5 Å². The van der Waals surface area contributed by atoms with Crippen molar-refractivity contribution < 1.29 is 9.66 Å². The van der Waals surface area contributed by atoms with Crippen LogP contribution in [0.1, 0.15) is 28.8 Å². The van der Waals surface area contributed by atoms with Crippen LogP contribution in [0, 0.1) is 10.1 Å². The number of nitro groups is 1. The van der Waals surface area contributed by atoms with Gasteiger partial charge >= 0.3 is 0 Å². The molecule has 0 saturated carbocycles. The molecular weight excluding hydrogens is 322 g/mol. The van der Waals surface area contributed by atoms with E-state index in [0.29, 0.717) is 18.1 Å². The summed E-state index contributed by atoms with van der Waals surface area (Å²) in [5.41, 5.74) is 8.02. The van der Waals surface area contributed by atoms with Gasteiger partial charge in [-0.05, 0) is 23.3 Å². The topological polar surface area (TPSA) is 120 Å². The second kappa shape index (κ2) is 7.10. The van der Waals surface area contributed by atoms with Gasteiger partial charge in [0, 0.05) is 18.6 Å². The lowest BCUT2D eigenvalue weighted by atomic mass is 10.1. The minimum absolute atomic E-state index is 0.0575. The molecule has 2 aromatic carbocycles. The van der Waals surface area contributed by atoms with E-state index in [1.165, 1.54) is 12.1 Å². The Morgan fingerprint density at radius 3 is 2.72 bits per heavy atom.